The van der Waals surface area contributed by atoms with Crippen molar-refractivity contribution in [2.24, 2.45) is 5.92 Å². The Hall–Kier alpha value is -3.13. The molecule has 176 valence electrons. The molecular formula is C25H34N6O2. The van der Waals surface area contributed by atoms with Crippen molar-refractivity contribution in [3.05, 3.63) is 59.9 Å². The molecule has 3 aromatic rings. The van der Waals surface area contributed by atoms with Crippen molar-refractivity contribution < 1.29 is 9.47 Å². The predicted molar refractivity (Wildman–Crippen MR) is 129 cm³/mol. The fourth-order valence-corrected chi connectivity index (χ4v) is 4.38. The van der Waals surface area contributed by atoms with Crippen molar-refractivity contribution in [2.45, 2.75) is 32.9 Å². The number of benzene rings is 2. The molecule has 1 aromatic heterocycles. The van der Waals surface area contributed by atoms with E-state index in [1.165, 1.54) is 5.69 Å². The summed E-state index contributed by atoms with van der Waals surface area (Å²) in [7, 11) is 3.39. The summed E-state index contributed by atoms with van der Waals surface area (Å²) in [5.74, 6) is 3.02. The highest BCUT2D eigenvalue weighted by Gasteiger charge is 2.33. The molecule has 0 aliphatic carbocycles. The molecule has 0 N–H and O–H groups in total. The van der Waals surface area contributed by atoms with E-state index < -0.39 is 0 Å². The summed E-state index contributed by atoms with van der Waals surface area (Å²) in [6.07, 6.45) is 1.02. The summed E-state index contributed by atoms with van der Waals surface area (Å²) in [5.41, 5.74) is 2.28. The number of tetrazole rings is 1. The molecule has 33 heavy (non-hydrogen) atoms. The van der Waals surface area contributed by atoms with Gasteiger partial charge in [-0.15, -0.1) is 5.10 Å². The van der Waals surface area contributed by atoms with Gasteiger partial charge in [-0.2, -0.15) is 0 Å². The largest absolute Gasteiger partial charge is 0.497 e. The van der Waals surface area contributed by atoms with Gasteiger partial charge in [0.15, 0.2) is 5.82 Å². The highest BCUT2D eigenvalue weighted by Crippen LogP contribution is 2.37. The number of ether oxygens (including phenoxy) is 2. The van der Waals surface area contributed by atoms with Crippen LogP contribution in [0.5, 0.6) is 11.5 Å². The molecule has 1 aliphatic rings. The van der Waals surface area contributed by atoms with E-state index in [1.54, 1.807) is 14.2 Å². The molecule has 0 bridgehead atoms. The topological polar surface area (TPSA) is 68.5 Å². The third kappa shape index (κ3) is 5.27. The first-order valence-corrected chi connectivity index (χ1v) is 11.6. The van der Waals surface area contributed by atoms with Crippen LogP contribution < -0.4 is 14.4 Å². The Morgan fingerprint density at radius 1 is 0.939 bits per heavy atom. The lowest BCUT2D eigenvalue weighted by atomic mass is 10.0. The second-order valence-electron chi connectivity index (χ2n) is 8.81. The molecule has 1 saturated heterocycles. The first kappa shape index (κ1) is 23.0. The molecule has 0 saturated carbocycles. The Morgan fingerprint density at radius 2 is 1.70 bits per heavy atom. The van der Waals surface area contributed by atoms with Crippen LogP contribution in [0.15, 0.2) is 48.5 Å². The van der Waals surface area contributed by atoms with Gasteiger partial charge in [0.2, 0.25) is 0 Å². The van der Waals surface area contributed by atoms with Crippen molar-refractivity contribution in [1.82, 2.24) is 25.1 Å². The van der Waals surface area contributed by atoms with Crippen LogP contribution in [0.1, 0.15) is 37.7 Å². The highest BCUT2D eigenvalue weighted by atomic mass is 16.5. The molecule has 0 amide bonds. The van der Waals surface area contributed by atoms with Crippen LogP contribution >= 0.6 is 0 Å². The predicted octanol–water partition coefficient (Wildman–Crippen LogP) is 3.65. The van der Waals surface area contributed by atoms with Crippen molar-refractivity contribution in [1.29, 1.82) is 0 Å². The van der Waals surface area contributed by atoms with Gasteiger partial charge in [-0.1, -0.05) is 32.0 Å². The zero-order valence-corrected chi connectivity index (χ0v) is 20.0. The van der Waals surface area contributed by atoms with Crippen LogP contribution in [0.4, 0.5) is 5.69 Å². The number of anilines is 1. The van der Waals surface area contributed by atoms with Crippen LogP contribution in [0.2, 0.25) is 0 Å². The van der Waals surface area contributed by atoms with Gasteiger partial charge in [-0.3, -0.25) is 4.90 Å². The van der Waals surface area contributed by atoms with Crippen LogP contribution in [0, 0.1) is 5.92 Å². The van der Waals surface area contributed by atoms with E-state index in [9.17, 15) is 0 Å². The highest BCUT2D eigenvalue weighted by molar-refractivity contribution is 5.47. The van der Waals surface area contributed by atoms with E-state index in [1.807, 2.05) is 16.8 Å². The molecule has 1 fully saturated rings. The number of methoxy groups -OCH3 is 2. The lowest BCUT2D eigenvalue weighted by Crippen LogP contribution is -2.48. The molecule has 4 rings (SSSR count). The Bertz CT molecular complexity index is 1010. The maximum Gasteiger partial charge on any atom is 0.173 e. The number of para-hydroxylation sites is 1. The normalized spacial score (nSPS) is 15.6. The van der Waals surface area contributed by atoms with Crippen LogP contribution in [0.3, 0.4) is 0 Å². The fraction of sp³-hybridized carbons (Fsp3) is 0.480. The maximum absolute atomic E-state index is 5.77. The number of piperazine rings is 1. The number of hydrogen-bond donors (Lipinski definition) is 0. The number of hydrogen-bond acceptors (Lipinski definition) is 7. The Kier molecular flexibility index (Phi) is 7.44. The summed E-state index contributed by atoms with van der Waals surface area (Å²) in [5, 5.41) is 12.9. The Labute approximate surface area is 196 Å². The zero-order chi connectivity index (χ0) is 23.2. The van der Waals surface area contributed by atoms with Gasteiger partial charge >= 0.3 is 0 Å². The molecule has 2 aromatic carbocycles. The van der Waals surface area contributed by atoms with E-state index in [4.69, 9.17) is 9.47 Å². The molecule has 8 heteroatoms. The van der Waals surface area contributed by atoms with Gasteiger partial charge < -0.3 is 14.4 Å². The summed E-state index contributed by atoms with van der Waals surface area (Å²) in [4.78, 5) is 4.88. The SMILES string of the molecule is COc1ccc(OC)c([C@@H](c2nnnn2CCC(C)C)N2CCN(c3ccccc3)CC2)c1. The Morgan fingerprint density at radius 3 is 2.36 bits per heavy atom. The van der Waals surface area contributed by atoms with E-state index in [-0.39, 0.29) is 6.04 Å². The molecule has 1 aliphatic heterocycles. The smallest absolute Gasteiger partial charge is 0.173 e. The second kappa shape index (κ2) is 10.7. The maximum atomic E-state index is 5.77. The van der Waals surface area contributed by atoms with Gasteiger partial charge in [0.25, 0.3) is 0 Å². The van der Waals surface area contributed by atoms with Crippen molar-refractivity contribution in [3.63, 3.8) is 0 Å². The lowest BCUT2D eigenvalue weighted by molar-refractivity contribution is 0.196. The molecule has 0 radical (unpaired) electrons. The van der Waals surface area contributed by atoms with Gasteiger partial charge in [-0.25, -0.2) is 4.68 Å². The van der Waals surface area contributed by atoms with Crippen molar-refractivity contribution >= 4 is 5.69 Å². The lowest BCUT2D eigenvalue weighted by Gasteiger charge is -2.40. The van der Waals surface area contributed by atoms with E-state index in [0.717, 1.165) is 62.0 Å². The number of nitrogens with zero attached hydrogens (tertiary/aromatic N) is 6. The van der Waals surface area contributed by atoms with Gasteiger partial charge in [0.1, 0.15) is 17.5 Å². The minimum Gasteiger partial charge on any atom is -0.497 e. The number of rotatable bonds is 9. The first-order valence-electron chi connectivity index (χ1n) is 11.6. The van der Waals surface area contributed by atoms with E-state index >= 15 is 0 Å². The molecular weight excluding hydrogens is 416 g/mol. The van der Waals surface area contributed by atoms with Gasteiger partial charge in [-0.05, 0) is 53.1 Å². The summed E-state index contributed by atoms with van der Waals surface area (Å²) >= 11 is 0. The first-order chi connectivity index (χ1) is 16.1. The van der Waals surface area contributed by atoms with Gasteiger partial charge in [0.05, 0.1) is 14.2 Å². The summed E-state index contributed by atoms with van der Waals surface area (Å²) < 4.78 is 13.3. The van der Waals surface area contributed by atoms with E-state index in [0.29, 0.717) is 5.92 Å². The minimum absolute atomic E-state index is 0.130. The molecule has 0 unspecified atom stereocenters. The van der Waals surface area contributed by atoms with Crippen LogP contribution in [0.25, 0.3) is 0 Å². The summed E-state index contributed by atoms with van der Waals surface area (Å²) in [6.45, 7) is 8.85. The molecule has 1 atom stereocenters. The minimum atomic E-state index is -0.130. The van der Waals surface area contributed by atoms with Crippen LogP contribution in [-0.4, -0.2) is 65.5 Å². The van der Waals surface area contributed by atoms with Crippen molar-refractivity contribution in [2.75, 3.05) is 45.3 Å². The average Bonchev–Trinajstić information content (AvgIpc) is 3.32. The zero-order valence-electron chi connectivity index (χ0n) is 20.0. The molecule has 8 nitrogen and oxygen atoms in total. The third-order valence-corrected chi connectivity index (χ3v) is 6.25. The standard InChI is InChI=1S/C25H34N6O2/c1-19(2)12-13-31-25(26-27-28-31)24(22-18-21(32-3)10-11-23(22)33-4)30-16-14-29(15-17-30)20-8-6-5-7-9-20/h5-11,18-19,24H,12-17H2,1-4H3/t24-/m0/s1. The average molecular weight is 451 g/mol. The number of aryl methyl sites for hydroxylation is 1. The third-order valence-electron chi connectivity index (χ3n) is 6.25. The Balaban J connectivity index is 1.67. The monoisotopic (exact) mass is 450 g/mol. The van der Waals surface area contributed by atoms with Crippen molar-refractivity contribution in [3.8, 4) is 11.5 Å². The number of aromatic nitrogens is 4. The second-order valence-corrected chi connectivity index (χ2v) is 8.81. The van der Waals surface area contributed by atoms with Crippen LogP contribution in [-0.2, 0) is 6.54 Å². The van der Waals surface area contributed by atoms with E-state index in [2.05, 4.69) is 75.6 Å². The van der Waals surface area contributed by atoms with Gasteiger partial charge in [0, 0.05) is 44.0 Å². The molecule has 0 spiro atoms. The summed E-state index contributed by atoms with van der Waals surface area (Å²) in [6, 6.07) is 16.4. The fourth-order valence-electron chi connectivity index (χ4n) is 4.38. The molecule has 2 heterocycles. The quantitative estimate of drug-likeness (QED) is 0.493.